The first-order valence-corrected chi connectivity index (χ1v) is 6.03. The Bertz CT molecular complexity index is 448. The van der Waals surface area contributed by atoms with Gasteiger partial charge in [0, 0.05) is 16.8 Å². The lowest BCUT2D eigenvalue weighted by Gasteiger charge is -2.13. The summed E-state index contributed by atoms with van der Waals surface area (Å²) in [7, 11) is 0. The molecule has 1 aromatic heterocycles. The second kappa shape index (κ2) is 4.31. The molecule has 4 N–H and O–H groups in total. The number of hydrogen-bond donors (Lipinski definition) is 2. The minimum atomic E-state index is 0.0566. The molecule has 3 heteroatoms. The molecule has 80 valence electrons. The fourth-order valence-electron chi connectivity index (χ4n) is 1.81. The first-order chi connectivity index (χ1) is 7.18. The van der Waals surface area contributed by atoms with E-state index in [0.29, 0.717) is 0 Å². The largest absolute Gasteiger partial charge is 0.328 e. The van der Waals surface area contributed by atoms with E-state index >= 15 is 0 Å². The average Bonchev–Trinajstić information content (AvgIpc) is 2.59. The van der Waals surface area contributed by atoms with Crippen molar-refractivity contribution >= 4 is 21.4 Å². The predicted molar refractivity (Wildman–Crippen MR) is 67.0 cm³/mol. The molecule has 2 atom stereocenters. The lowest BCUT2D eigenvalue weighted by Crippen LogP contribution is -2.22. The first-order valence-electron chi connectivity index (χ1n) is 5.16. The van der Waals surface area contributed by atoms with E-state index in [1.165, 1.54) is 15.6 Å². The Morgan fingerprint density at radius 1 is 1.27 bits per heavy atom. The van der Waals surface area contributed by atoms with Gasteiger partial charge < -0.3 is 11.5 Å². The van der Waals surface area contributed by atoms with E-state index in [-0.39, 0.29) is 12.1 Å². The van der Waals surface area contributed by atoms with Crippen LogP contribution in [0.15, 0.2) is 29.6 Å². The quantitative estimate of drug-likeness (QED) is 0.835. The van der Waals surface area contributed by atoms with Gasteiger partial charge in [0.15, 0.2) is 0 Å². The fourth-order valence-corrected chi connectivity index (χ4v) is 2.84. The second-order valence-corrected chi connectivity index (χ2v) is 4.92. The zero-order valence-electron chi connectivity index (χ0n) is 8.81. The van der Waals surface area contributed by atoms with Crippen LogP contribution < -0.4 is 11.5 Å². The minimum absolute atomic E-state index is 0.0566. The Morgan fingerprint density at radius 3 is 2.73 bits per heavy atom. The van der Waals surface area contributed by atoms with Gasteiger partial charge in [-0.05, 0) is 35.7 Å². The molecule has 0 amide bonds. The van der Waals surface area contributed by atoms with Gasteiger partial charge in [-0.3, -0.25) is 0 Å². The Hall–Kier alpha value is -0.900. The van der Waals surface area contributed by atoms with E-state index in [0.717, 1.165) is 6.42 Å². The van der Waals surface area contributed by atoms with Gasteiger partial charge in [0.05, 0.1) is 0 Å². The standard InChI is InChI=1S/C12H16N2S/c1-8(13)6-11(14)10-7-15-12-5-3-2-4-9(10)12/h2-5,7-8,11H,6,13-14H2,1H3. The van der Waals surface area contributed by atoms with Gasteiger partial charge in [-0.15, -0.1) is 11.3 Å². The molecule has 0 bridgehead atoms. The summed E-state index contributed by atoms with van der Waals surface area (Å²) in [5.74, 6) is 0. The Kier molecular flexibility index (Phi) is 3.05. The maximum atomic E-state index is 6.13. The molecule has 0 saturated carbocycles. The molecule has 0 fully saturated rings. The maximum absolute atomic E-state index is 6.13. The van der Waals surface area contributed by atoms with E-state index in [1.54, 1.807) is 11.3 Å². The smallest absolute Gasteiger partial charge is 0.0346 e. The molecular formula is C12H16N2S. The summed E-state index contributed by atoms with van der Waals surface area (Å²) < 4.78 is 1.30. The summed E-state index contributed by atoms with van der Waals surface area (Å²) >= 11 is 1.75. The summed E-state index contributed by atoms with van der Waals surface area (Å²) in [6, 6.07) is 8.57. The molecule has 1 heterocycles. The molecule has 2 unspecified atom stereocenters. The van der Waals surface area contributed by atoms with Crippen LogP contribution in [0.25, 0.3) is 10.1 Å². The molecule has 0 spiro atoms. The lowest BCUT2D eigenvalue weighted by molar-refractivity contribution is 0.572. The third kappa shape index (κ3) is 2.20. The van der Waals surface area contributed by atoms with Crippen molar-refractivity contribution in [2.75, 3.05) is 0 Å². The molecule has 0 saturated heterocycles. The third-order valence-electron chi connectivity index (χ3n) is 2.54. The van der Waals surface area contributed by atoms with Crippen molar-refractivity contribution in [2.24, 2.45) is 11.5 Å². The number of thiophene rings is 1. The SMILES string of the molecule is CC(N)CC(N)c1csc2ccccc12. The van der Waals surface area contributed by atoms with Crippen LogP contribution in [0.2, 0.25) is 0 Å². The van der Waals surface area contributed by atoms with Crippen molar-refractivity contribution in [3.8, 4) is 0 Å². The molecule has 0 aliphatic rings. The van der Waals surface area contributed by atoms with E-state index in [9.17, 15) is 0 Å². The molecule has 2 nitrogen and oxygen atoms in total. The highest BCUT2D eigenvalue weighted by molar-refractivity contribution is 7.17. The van der Waals surface area contributed by atoms with Gasteiger partial charge in [-0.25, -0.2) is 0 Å². The van der Waals surface area contributed by atoms with Crippen molar-refractivity contribution in [1.82, 2.24) is 0 Å². The van der Waals surface area contributed by atoms with E-state index in [4.69, 9.17) is 11.5 Å². The van der Waals surface area contributed by atoms with Crippen LogP contribution in [0, 0.1) is 0 Å². The van der Waals surface area contributed by atoms with Crippen LogP contribution in [0.5, 0.6) is 0 Å². The predicted octanol–water partition coefficient (Wildman–Crippen LogP) is 2.64. The first kappa shape index (κ1) is 10.6. The van der Waals surface area contributed by atoms with E-state index in [2.05, 4.69) is 29.6 Å². The Morgan fingerprint density at radius 2 is 2.00 bits per heavy atom. The molecule has 0 radical (unpaired) electrons. The molecule has 0 aliphatic carbocycles. The molecule has 0 aliphatic heterocycles. The summed E-state index contributed by atoms with van der Waals surface area (Å²) in [6.07, 6.45) is 0.834. The molecule has 2 rings (SSSR count). The highest BCUT2D eigenvalue weighted by Gasteiger charge is 2.12. The van der Waals surface area contributed by atoms with Crippen molar-refractivity contribution in [1.29, 1.82) is 0 Å². The summed E-state index contributed by atoms with van der Waals surface area (Å²) in [5, 5.41) is 3.42. The fraction of sp³-hybridized carbons (Fsp3) is 0.333. The summed E-state index contributed by atoms with van der Waals surface area (Å²) in [5.41, 5.74) is 13.1. The maximum Gasteiger partial charge on any atom is 0.0346 e. The van der Waals surface area contributed by atoms with E-state index in [1.807, 2.05) is 6.92 Å². The van der Waals surface area contributed by atoms with Gasteiger partial charge in [-0.1, -0.05) is 18.2 Å². The Balaban J connectivity index is 2.35. The van der Waals surface area contributed by atoms with Crippen LogP contribution in [0.4, 0.5) is 0 Å². The highest BCUT2D eigenvalue weighted by atomic mass is 32.1. The zero-order valence-corrected chi connectivity index (χ0v) is 9.63. The van der Waals surface area contributed by atoms with Gasteiger partial charge in [0.1, 0.15) is 0 Å². The van der Waals surface area contributed by atoms with Crippen LogP contribution in [-0.2, 0) is 0 Å². The highest BCUT2D eigenvalue weighted by Crippen LogP contribution is 2.30. The number of hydrogen-bond acceptors (Lipinski definition) is 3. The van der Waals surface area contributed by atoms with Crippen molar-refractivity contribution in [2.45, 2.75) is 25.4 Å². The molecule has 15 heavy (non-hydrogen) atoms. The van der Waals surface area contributed by atoms with Gasteiger partial charge in [-0.2, -0.15) is 0 Å². The Labute approximate surface area is 93.9 Å². The summed E-state index contributed by atoms with van der Waals surface area (Å²) in [4.78, 5) is 0. The lowest BCUT2D eigenvalue weighted by atomic mass is 10.0. The van der Waals surface area contributed by atoms with Crippen LogP contribution >= 0.6 is 11.3 Å². The topological polar surface area (TPSA) is 52.0 Å². The number of nitrogens with two attached hydrogens (primary N) is 2. The third-order valence-corrected chi connectivity index (χ3v) is 3.52. The molecule has 2 aromatic rings. The molecule has 1 aromatic carbocycles. The van der Waals surface area contributed by atoms with Gasteiger partial charge in [0.2, 0.25) is 0 Å². The average molecular weight is 220 g/mol. The van der Waals surface area contributed by atoms with Gasteiger partial charge in [0.25, 0.3) is 0 Å². The number of benzene rings is 1. The van der Waals surface area contributed by atoms with Gasteiger partial charge >= 0.3 is 0 Å². The minimum Gasteiger partial charge on any atom is -0.328 e. The van der Waals surface area contributed by atoms with Crippen LogP contribution in [-0.4, -0.2) is 6.04 Å². The van der Waals surface area contributed by atoms with Crippen molar-refractivity contribution in [3.63, 3.8) is 0 Å². The second-order valence-electron chi connectivity index (χ2n) is 4.01. The van der Waals surface area contributed by atoms with Crippen LogP contribution in [0.3, 0.4) is 0 Å². The normalized spacial score (nSPS) is 15.4. The molecular weight excluding hydrogens is 204 g/mol. The number of rotatable bonds is 3. The monoisotopic (exact) mass is 220 g/mol. The van der Waals surface area contributed by atoms with E-state index < -0.39 is 0 Å². The summed E-state index contributed by atoms with van der Waals surface area (Å²) in [6.45, 7) is 1.99. The zero-order chi connectivity index (χ0) is 10.8. The number of fused-ring (bicyclic) bond motifs is 1. The van der Waals surface area contributed by atoms with Crippen LogP contribution in [0.1, 0.15) is 24.9 Å². The van der Waals surface area contributed by atoms with Crippen molar-refractivity contribution < 1.29 is 0 Å². The van der Waals surface area contributed by atoms with Crippen molar-refractivity contribution in [3.05, 3.63) is 35.2 Å².